The molecule has 0 bridgehead atoms. The fraction of sp³-hybridized carbons (Fsp3) is 0. The molecule has 0 aliphatic carbocycles. The van der Waals surface area contributed by atoms with Crippen molar-refractivity contribution in [1.82, 2.24) is 29.9 Å². The maximum atomic E-state index is 5.11. The highest BCUT2D eigenvalue weighted by molar-refractivity contribution is 7.25. The lowest BCUT2D eigenvalue weighted by Gasteiger charge is -2.11. The van der Waals surface area contributed by atoms with E-state index in [-0.39, 0.29) is 0 Å². The number of aromatic nitrogens is 6. The zero-order chi connectivity index (χ0) is 31.2. The number of benzene rings is 5. The molecular formula is C40H24N6S. The van der Waals surface area contributed by atoms with Crippen LogP contribution >= 0.6 is 11.3 Å². The molecule has 9 rings (SSSR count). The summed E-state index contributed by atoms with van der Waals surface area (Å²) < 4.78 is 2.41. The number of pyridine rings is 1. The van der Waals surface area contributed by atoms with Gasteiger partial charge in [-0.05, 0) is 24.3 Å². The predicted molar refractivity (Wildman–Crippen MR) is 191 cm³/mol. The van der Waals surface area contributed by atoms with Crippen molar-refractivity contribution in [3.63, 3.8) is 0 Å². The van der Waals surface area contributed by atoms with E-state index in [0.717, 1.165) is 55.8 Å². The average Bonchev–Trinajstić information content (AvgIpc) is 3.53. The van der Waals surface area contributed by atoms with Crippen LogP contribution < -0.4 is 0 Å². The van der Waals surface area contributed by atoms with Crippen LogP contribution in [0.3, 0.4) is 0 Å². The largest absolute Gasteiger partial charge is 0.254 e. The molecule has 5 aromatic carbocycles. The molecule has 7 heteroatoms. The maximum absolute atomic E-state index is 5.11. The van der Waals surface area contributed by atoms with Gasteiger partial charge in [0.25, 0.3) is 0 Å². The number of para-hydroxylation sites is 2. The lowest BCUT2D eigenvalue weighted by molar-refractivity contribution is 1.07. The molecular weight excluding hydrogens is 597 g/mol. The fourth-order valence-corrected chi connectivity index (χ4v) is 6.96. The third-order valence-corrected chi connectivity index (χ3v) is 9.33. The Balaban J connectivity index is 1.17. The number of thiophene rings is 1. The summed E-state index contributed by atoms with van der Waals surface area (Å²) >= 11 is 1.77. The van der Waals surface area contributed by atoms with Crippen LogP contribution in [-0.4, -0.2) is 29.9 Å². The Morgan fingerprint density at radius 3 is 1.53 bits per heavy atom. The summed E-state index contributed by atoms with van der Waals surface area (Å²) in [5.74, 6) is 1.86. The van der Waals surface area contributed by atoms with Crippen molar-refractivity contribution in [2.24, 2.45) is 0 Å². The van der Waals surface area contributed by atoms with Gasteiger partial charge in [0, 0.05) is 48.6 Å². The summed E-state index contributed by atoms with van der Waals surface area (Å²) in [4.78, 5) is 29.7. The van der Waals surface area contributed by atoms with Crippen LogP contribution in [0, 0.1) is 0 Å². The van der Waals surface area contributed by atoms with Crippen molar-refractivity contribution in [1.29, 1.82) is 0 Å². The third-order valence-electron chi connectivity index (χ3n) is 8.19. The highest BCUT2D eigenvalue weighted by atomic mass is 32.1. The van der Waals surface area contributed by atoms with Crippen LogP contribution in [0.5, 0.6) is 0 Å². The SMILES string of the molecule is c1ccc(-c2nc(-c3ccccc3)nc(-c3ccc(-c4nc5ccccc5nc4-c4cc5sc6ccccc6c5cn4)cc3)n2)cc1. The highest BCUT2D eigenvalue weighted by Crippen LogP contribution is 2.37. The number of rotatable bonds is 5. The summed E-state index contributed by atoms with van der Waals surface area (Å²) in [6.07, 6.45) is 1.96. The smallest absolute Gasteiger partial charge is 0.164 e. The van der Waals surface area contributed by atoms with Crippen LogP contribution in [0.25, 0.3) is 88.0 Å². The van der Waals surface area contributed by atoms with Crippen LogP contribution in [0.2, 0.25) is 0 Å². The van der Waals surface area contributed by atoms with E-state index in [9.17, 15) is 0 Å². The van der Waals surface area contributed by atoms with Crippen LogP contribution in [-0.2, 0) is 0 Å². The van der Waals surface area contributed by atoms with Gasteiger partial charge in [0.15, 0.2) is 17.5 Å². The van der Waals surface area contributed by atoms with Crippen molar-refractivity contribution in [2.45, 2.75) is 0 Å². The molecule has 0 aliphatic rings. The lowest BCUT2D eigenvalue weighted by Crippen LogP contribution is -2.00. The molecule has 4 aromatic heterocycles. The molecule has 47 heavy (non-hydrogen) atoms. The minimum atomic E-state index is 0.603. The van der Waals surface area contributed by atoms with Crippen LogP contribution in [0.4, 0.5) is 0 Å². The summed E-state index contributed by atoms with van der Waals surface area (Å²) in [6, 6.07) is 46.7. The van der Waals surface area contributed by atoms with E-state index in [1.165, 1.54) is 14.8 Å². The van der Waals surface area contributed by atoms with E-state index in [2.05, 4.69) is 42.5 Å². The van der Waals surface area contributed by atoms with Gasteiger partial charge in [0.1, 0.15) is 5.69 Å². The molecule has 0 fully saturated rings. The Morgan fingerprint density at radius 2 is 0.894 bits per heavy atom. The van der Waals surface area contributed by atoms with Gasteiger partial charge in [-0.3, -0.25) is 4.98 Å². The van der Waals surface area contributed by atoms with Gasteiger partial charge in [0.2, 0.25) is 0 Å². The second-order valence-corrected chi connectivity index (χ2v) is 12.3. The molecule has 0 saturated carbocycles. The second kappa shape index (κ2) is 11.3. The van der Waals surface area contributed by atoms with E-state index in [1.807, 2.05) is 103 Å². The minimum absolute atomic E-state index is 0.603. The average molecular weight is 621 g/mol. The molecule has 0 N–H and O–H groups in total. The maximum Gasteiger partial charge on any atom is 0.164 e. The van der Waals surface area contributed by atoms with Gasteiger partial charge in [0.05, 0.1) is 22.4 Å². The first-order chi connectivity index (χ1) is 23.3. The van der Waals surface area contributed by atoms with Gasteiger partial charge in [-0.15, -0.1) is 11.3 Å². The summed E-state index contributed by atoms with van der Waals surface area (Å²) in [6.45, 7) is 0. The summed E-state index contributed by atoms with van der Waals surface area (Å²) in [7, 11) is 0. The molecule has 0 radical (unpaired) electrons. The Morgan fingerprint density at radius 1 is 0.383 bits per heavy atom. The topological polar surface area (TPSA) is 77.3 Å². The van der Waals surface area contributed by atoms with Gasteiger partial charge < -0.3 is 0 Å². The first-order valence-corrected chi connectivity index (χ1v) is 16.1. The number of nitrogens with zero attached hydrogens (tertiary/aromatic N) is 6. The Labute approximate surface area is 274 Å². The Hall–Kier alpha value is -6.18. The van der Waals surface area contributed by atoms with Crippen LogP contribution in [0.15, 0.2) is 146 Å². The first kappa shape index (κ1) is 27.2. The number of hydrogen-bond donors (Lipinski definition) is 0. The second-order valence-electron chi connectivity index (χ2n) is 11.2. The van der Waals surface area contributed by atoms with Crippen molar-refractivity contribution in [2.75, 3.05) is 0 Å². The van der Waals surface area contributed by atoms with E-state index < -0.39 is 0 Å². The molecule has 0 atom stereocenters. The van der Waals surface area contributed by atoms with E-state index >= 15 is 0 Å². The van der Waals surface area contributed by atoms with Gasteiger partial charge >= 0.3 is 0 Å². The zero-order valence-electron chi connectivity index (χ0n) is 24.9. The standard InChI is InChI=1S/C40H24N6S/c1-3-11-26(12-4-1)38-44-39(27-13-5-2-6-14-27)46-40(45-38)28-21-19-25(20-22-28)36-37(43-32-17-9-8-16-31(32)42-36)33-23-35-30(24-41-33)29-15-7-10-18-34(29)47-35/h1-24H. The normalized spacial score (nSPS) is 11.4. The van der Waals surface area contributed by atoms with Gasteiger partial charge in [-0.25, -0.2) is 24.9 Å². The fourth-order valence-electron chi connectivity index (χ4n) is 5.84. The van der Waals surface area contributed by atoms with Crippen molar-refractivity contribution < 1.29 is 0 Å². The minimum Gasteiger partial charge on any atom is -0.254 e. The highest BCUT2D eigenvalue weighted by Gasteiger charge is 2.17. The molecule has 0 unspecified atom stereocenters. The quantitative estimate of drug-likeness (QED) is 0.191. The molecule has 220 valence electrons. The monoisotopic (exact) mass is 620 g/mol. The van der Waals surface area contributed by atoms with Crippen molar-refractivity contribution >= 4 is 42.5 Å². The van der Waals surface area contributed by atoms with Gasteiger partial charge in [-0.1, -0.05) is 115 Å². The molecule has 6 nitrogen and oxygen atoms in total. The molecule has 0 saturated heterocycles. The number of fused-ring (bicyclic) bond motifs is 4. The number of hydrogen-bond acceptors (Lipinski definition) is 7. The Bertz CT molecular complexity index is 2510. The van der Waals surface area contributed by atoms with E-state index in [4.69, 9.17) is 29.9 Å². The molecule has 0 aliphatic heterocycles. The molecule has 9 aromatic rings. The van der Waals surface area contributed by atoms with Gasteiger partial charge in [-0.2, -0.15) is 0 Å². The zero-order valence-corrected chi connectivity index (χ0v) is 25.8. The van der Waals surface area contributed by atoms with Crippen molar-refractivity contribution in [3.8, 4) is 56.8 Å². The molecule has 0 amide bonds. The third kappa shape index (κ3) is 4.99. The summed E-state index contributed by atoms with van der Waals surface area (Å²) in [5, 5.41) is 2.37. The Kier molecular flexibility index (Phi) is 6.54. The van der Waals surface area contributed by atoms with E-state index in [0.29, 0.717) is 17.5 Å². The molecule has 4 heterocycles. The predicted octanol–water partition coefficient (Wildman–Crippen LogP) is 9.91. The van der Waals surface area contributed by atoms with Crippen LogP contribution in [0.1, 0.15) is 0 Å². The summed E-state index contributed by atoms with van der Waals surface area (Å²) in [5.41, 5.74) is 7.64. The molecule has 0 spiro atoms. The lowest BCUT2D eigenvalue weighted by atomic mass is 10.0. The first-order valence-electron chi connectivity index (χ1n) is 15.3. The van der Waals surface area contributed by atoms with E-state index in [1.54, 1.807) is 11.3 Å². The van der Waals surface area contributed by atoms with Crippen molar-refractivity contribution in [3.05, 3.63) is 146 Å².